The molecule has 0 aliphatic carbocycles. The minimum absolute atomic E-state index is 0.0155. The second-order valence-electron chi connectivity index (χ2n) is 8.00. The second kappa shape index (κ2) is 6.01. The largest absolute Gasteiger partial charge is 0.362 e. The first-order valence-electron chi connectivity index (χ1n) is 9.45. The van der Waals surface area contributed by atoms with Gasteiger partial charge in [-0.25, -0.2) is 4.39 Å². The average molecular weight is 368 g/mol. The summed E-state index contributed by atoms with van der Waals surface area (Å²) in [6, 6.07) is 7.57. The Hall–Kier alpha value is -2.50. The Morgan fingerprint density at radius 2 is 2.19 bits per heavy atom. The molecule has 3 aliphatic heterocycles. The molecule has 0 saturated heterocycles. The van der Waals surface area contributed by atoms with E-state index in [9.17, 15) is 9.18 Å². The predicted octanol–water partition coefficient (Wildman–Crippen LogP) is 3.93. The highest BCUT2D eigenvalue weighted by molar-refractivity contribution is 5.99. The molecule has 0 fully saturated rings. The lowest BCUT2D eigenvalue weighted by atomic mass is 9.62. The number of nitrogens with zero attached hydrogens (tertiary/aromatic N) is 3. The minimum Gasteiger partial charge on any atom is -0.362 e. The minimum atomic E-state index is -1.46. The van der Waals surface area contributed by atoms with Gasteiger partial charge in [-0.1, -0.05) is 31.2 Å². The van der Waals surface area contributed by atoms with Gasteiger partial charge in [-0.2, -0.15) is 10.2 Å². The third-order valence-corrected chi connectivity index (χ3v) is 6.04. The predicted molar refractivity (Wildman–Crippen MR) is 102 cm³/mol. The fourth-order valence-corrected chi connectivity index (χ4v) is 4.52. The van der Waals surface area contributed by atoms with E-state index >= 15 is 0 Å². The van der Waals surface area contributed by atoms with Crippen LogP contribution in [0, 0.1) is 0 Å². The highest BCUT2D eigenvalue weighted by Gasteiger charge is 2.52. The number of carbonyl (C=O) groups excluding carboxylic acids is 1. The van der Waals surface area contributed by atoms with Gasteiger partial charge in [-0.3, -0.25) is 4.79 Å². The van der Waals surface area contributed by atoms with Gasteiger partial charge in [0.15, 0.2) is 6.17 Å². The van der Waals surface area contributed by atoms with Gasteiger partial charge in [0.25, 0.3) is 5.91 Å². The molecule has 3 aliphatic rings. The maximum absolute atomic E-state index is 14.7. The first kappa shape index (κ1) is 17.9. The van der Waals surface area contributed by atoms with Crippen LogP contribution in [-0.4, -0.2) is 30.6 Å². The van der Waals surface area contributed by atoms with E-state index < -0.39 is 11.1 Å². The lowest BCUT2D eigenvalue weighted by Crippen LogP contribution is -2.53. The van der Waals surface area contributed by atoms with E-state index in [0.29, 0.717) is 18.5 Å². The van der Waals surface area contributed by atoms with E-state index in [-0.39, 0.29) is 12.1 Å². The summed E-state index contributed by atoms with van der Waals surface area (Å²) in [6.45, 7) is 5.85. The normalized spacial score (nSPS) is 27.3. The van der Waals surface area contributed by atoms with Crippen LogP contribution < -0.4 is 5.32 Å². The third kappa shape index (κ3) is 2.53. The van der Waals surface area contributed by atoms with Gasteiger partial charge in [0.2, 0.25) is 0 Å². The van der Waals surface area contributed by atoms with Crippen LogP contribution >= 0.6 is 0 Å². The molecule has 0 radical (unpaired) electrons. The van der Waals surface area contributed by atoms with Crippen molar-refractivity contribution in [3.05, 3.63) is 58.4 Å². The van der Waals surface area contributed by atoms with Crippen LogP contribution in [0.5, 0.6) is 0 Å². The quantitative estimate of drug-likeness (QED) is 0.879. The van der Waals surface area contributed by atoms with Crippen molar-refractivity contribution in [3.63, 3.8) is 0 Å². The molecule has 1 amide bonds. The topological polar surface area (TPSA) is 57.1 Å². The van der Waals surface area contributed by atoms with E-state index in [0.717, 1.165) is 28.8 Å². The molecule has 5 nitrogen and oxygen atoms in total. The summed E-state index contributed by atoms with van der Waals surface area (Å²) in [5, 5.41) is 11.9. The Kier molecular flexibility index (Phi) is 3.98. The van der Waals surface area contributed by atoms with Crippen LogP contribution in [0.1, 0.15) is 44.7 Å². The van der Waals surface area contributed by atoms with Gasteiger partial charge >= 0.3 is 0 Å². The summed E-state index contributed by atoms with van der Waals surface area (Å²) >= 11 is 0. The van der Waals surface area contributed by atoms with Crippen molar-refractivity contribution < 1.29 is 9.18 Å². The molecule has 6 heteroatoms. The summed E-state index contributed by atoms with van der Waals surface area (Å²) in [6.07, 6.45) is 2.94. The SMILES string of the molecule is CCC1(c2cccc(C(C)(C)F)c2)C2=CN=NC2NC2=C1C(=O)N(C)CC2. The zero-order valence-electron chi connectivity index (χ0n) is 16.2. The highest BCUT2D eigenvalue weighted by atomic mass is 19.1. The highest BCUT2D eigenvalue weighted by Crippen LogP contribution is 2.51. The number of hydrogen-bond acceptors (Lipinski definition) is 4. The van der Waals surface area contributed by atoms with E-state index in [4.69, 9.17) is 0 Å². The van der Waals surface area contributed by atoms with Gasteiger partial charge in [-0.15, -0.1) is 0 Å². The molecule has 1 N–H and O–H groups in total. The maximum atomic E-state index is 14.7. The number of halogens is 1. The number of rotatable bonds is 3. The van der Waals surface area contributed by atoms with Crippen molar-refractivity contribution >= 4 is 5.91 Å². The Bertz CT molecular complexity index is 896. The Labute approximate surface area is 159 Å². The van der Waals surface area contributed by atoms with Crippen molar-refractivity contribution in [3.8, 4) is 0 Å². The van der Waals surface area contributed by atoms with Crippen LogP contribution in [0.4, 0.5) is 4.39 Å². The van der Waals surface area contributed by atoms with Crippen LogP contribution in [0.15, 0.2) is 57.5 Å². The zero-order valence-corrected chi connectivity index (χ0v) is 16.2. The van der Waals surface area contributed by atoms with Gasteiger partial charge in [0.1, 0.15) is 5.67 Å². The number of azo groups is 1. The number of benzene rings is 1. The maximum Gasteiger partial charge on any atom is 0.252 e. The van der Waals surface area contributed by atoms with Crippen LogP contribution in [0.25, 0.3) is 0 Å². The molecule has 0 saturated carbocycles. The third-order valence-electron chi connectivity index (χ3n) is 6.04. The van der Waals surface area contributed by atoms with Crippen LogP contribution in [0.3, 0.4) is 0 Å². The molecular formula is C21H25FN4O. The summed E-state index contributed by atoms with van der Waals surface area (Å²) in [5.74, 6) is 0.0155. The Morgan fingerprint density at radius 1 is 1.41 bits per heavy atom. The molecule has 0 spiro atoms. The first-order valence-corrected chi connectivity index (χ1v) is 9.45. The summed E-state index contributed by atoms with van der Waals surface area (Å²) in [5.41, 5.74) is 2.07. The fourth-order valence-electron chi connectivity index (χ4n) is 4.52. The van der Waals surface area contributed by atoms with E-state index in [1.165, 1.54) is 0 Å². The molecule has 2 atom stereocenters. The monoisotopic (exact) mass is 368 g/mol. The molecule has 0 aromatic heterocycles. The second-order valence-corrected chi connectivity index (χ2v) is 8.00. The summed E-state index contributed by atoms with van der Waals surface area (Å²) in [7, 11) is 1.83. The Balaban J connectivity index is 1.99. The molecule has 142 valence electrons. The van der Waals surface area contributed by atoms with Gasteiger partial charge in [0, 0.05) is 31.3 Å². The molecular weight excluding hydrogens is 343 g/mol. The number of nitrogens with one attached hydrogen (secondary N) is 1. The molecule has 1 aromatic rings. The smallest absolute Gasteiger partial charge is 0.252 e. The number of hydrogen-bond donors (Lipinski definition) is 1. The molecule has 2 unspecified atom stereocenters. The lowest BCUT2D eigenvalue weighted by Gasteiger charge is -2.46. The van der Waals surface area contributed by atoms with Crippen molar-refractivity contribution in [1.29, 1.82) is 0 Å². The fraction of sp³-hybridized carbons (Fsp3) is 0.476. The molecule has 4 rings (SSSR count). The summed E-state index contributed by atoms with van der Waals surface area (Å²) < 4.78 is 14.7. The number of amides is 1. The number of fused-ring (bicyclic) bond motifs is 1. The van der Waals surface area contributed by atoms with Crippen molar-refractivity contribution in [2.24, 2.45) is 10.2 Å². The van der Waals surface area contributed by atoms with E-state index in [1.54, 1.807) is 31.0 Å². The molecule has 0 bridgehead atoms. The standard InChI is InChI=1S/C21H25FN4O/c1-5-21(14-8-6-7-13(11-14)20(2,3)22)15-12-23-25-18(15)24-16-9-10-26(4)19(27)17(16)21/h6-8,11-12,18,24H,5,9-10H2,1-4H3. The number of likely N-dealkylation sites (N-methyl/N-ethyl adjacent to an activating group) is 1. The van der Waals surface area contributed by atoms with Gasteiger partial charge in [-0.05, 0) is 31.4 Å². The van der Waals surface area contributed by atoms with Gasteiger partial charge in [0.05, 0.1) is 17.2 Å². The lowest BCUT2D eigenvalue weighted by molar-refractivity contribution is -0.127. The summed E-state index contributed by atoms with van der Waals surface area (Å²) in [4.78, 5) is 15.0. The van der Waals surface area contributed by atoms with Crippen LogP contribution in [0.2, 0.25) is 0 Å². The Morgan fingerprint density at radius 3 is 2.89 bits per heavy atom. The van der Waals surface area contributed by atoms with Crippen molar-refractivity contribution in [2.45, 2.75) is 50.9 Å². The zero-order chi connectivity index (χ0) is 19.4. The number of carbonyl (C=O) groups is 1. The van der Waals surface area contributed by atoms with Crippen molar-refractivity contribution in [1.82, 2.24) is 10.2 Å². The van der Waals surface area contributed by atoms with Gasteiger partial charge < -0.3 is 10.2 Å². The number of alkyl halides is 1. The van der Waals surface area contributed by atoms with Crippen molar-refractivity contribution in [2.75, 3.05) is 13.6 Å². The molecule has 3 heterocycles. The first-order chi connectivity index (χ1) is 12.8. The van der Waals surface area contributed by atoms with Crippen LogP contribution in [-0.2, 0) is 15.9 Å². The van der Waals surface area contributed by atoms with E-state index in [2.05, 4.69) is 22.5 Å². The molecule has 1 aromatic carbocycles. The van der Waals surface area contributed by atoms with E-state index in [1.807, 2.05) is 25.2 Å². The molecule has 27 heavy (non-hydrogen) atoms. The average Bonchev–Trinajstić information content (AvgIpc) is 3.11.